The van der Waals surface area contributed by atoms with Crippen LogP contribution in [0.1, 0.15) is 18.4 Å². The molecule has 23 heavy (non-hydrogen) atoms. The van der Waals surface area contributed by atoms with Crippen molar-refractivity contribution >= 4 is 5.91 Å². The summed E-state index contributed by atoms with van der Waals surface area (Å²) in [6.45, 7) is 1.16. The van der Waals surface area contributed by atoms with Crippen LogP contribution in [0.2, 0.25) is 0 Å². The number of ether oxygens (including phenoxy) is 1. The van der Waals surface area contributed by atoms with Crippen molar-refractivity contribution < 1.29 is 13.9 Å². The van der Waals surface area contributed by atoms with Crippen molar-refractivity contribution in [1.82, 2.24) is 14.9 Å². The highest BCUT2D eigenvalue weighted by atomic mass is 19.1. The maximum Gasteiger partial charge on any atom is 0.232 e. The lowest BCUT2D eigenvalue weighted by Gasteiger charge is -2.32. The Labute approximate surface area is 134 Å². The molecule has 0 radical (unpaired) electrons. The lowest BCUT2D eigenvalue weighted by Crippen LogP contribution is -2.45. The molecule has 1 amide bonds. The Morgan fingerprint density at radius 3 is 3.00 bits per heavy atom. The SMILES string of the molecule is O=C(Cc1ccccc1F)N1CCC[C@@H](Oc2cnccn2)C1. The van der Waals surface area contributed by atoms with E-state index in [2.05, 4.69) is 9.97 Å². The van der Waals surface area contributed by atoms with Gasteiger partial charge in [-0.25, -0.2) is 9.37 Å². The zero-order chi connectivity index (χ0) is 16.1. The third-order valence-corrected chi connectivity index (χ3v) is 3.86. The van der Waals surface area contributed by atoms with Crippen LogP contribution < -0.4 is 4.74 Å². The lowest BCUT2D eigenvalue weighted by atomic mass is 10.1. The van der Waals surface area contributed by atoms with E-state index >= 15 is 0 Å². The fourth-order valence-corrected chi connectivity index (χ4v) is 2.69. The summed E-state index contributed by atoms with van der Waals surface area (Å²) in [6.07, 6.45) is 6.39. The van der Waals surface area contributed by atoms with Crippen LogP contribution in [0.25, 0.3) is 0 Å². The average molecular weight is 315 g/mol. The second-order valence-corrected chi connectivity index (χ2v) is 5.53. The Morgan fingerprint density at radius 1 is 1.35 bits per heavy atom. The number of benzene rings is 1. The lowest BCUT2D eigenvalue weighted by molar-refractivity contribution is -0.133. The van der Waals surface area contributed by atoms with E-state index in [1.807, 2.05) is 0 Å². The quantitative estimate of drug-likeness (QED) is 0.868. The first-order chi connectivity index (χ1) is 11.2. The standard InChI is InChI=1S/C17H18FN3O2/c18-15-6-2-1-4-13(15)10-17(22)21-9-3-5-14(12-21)23-16-11-19-7-8-20-16/h1-2,4,6-8,11,14H,3,5,9-10,12H2/t14-/m1/s1. The van der Waals surface area contributed by atoms with Crippen molar-refractivity contribution in [2.75, 3.05) is 13.1 Å². The van der Waals surface area contributed by atoms with Gasteiger partial charge in [0.1, 0.15) is 11.9 Å². The summed E-state index contributed by atoms with van der Waals surface area (Å²) in [5.74, 6) is 0.0358. The van der Waals surface area contributed by atoms with Gasteiger partial charge in [-0.3, -0.25) is 9.78 Å². The van der Waals surface area contributed by atoms with E-state index in [-0.39, 0.29) is 24.2 Å². The topological polar surface area (TPSA) is 55.3 Å². The molecule has 5 nitrogen and oxygen atoms in total. The van der Waals surface area contributed by atoms with Crippen molar-refractivity contribution in [3.63, 3.8) is 0 Å². The van der Waals surface area contributed by atoms with Gasteiger partial charge in [-0.2, -0.15) is 0 Å². The van der Waals surface area contributed by atoms with Gasteiger partial charge in [-0.05, 0) is 24.5 Å². The second kappa shape index (κ2) is 7.17. The van der Waals surface area contributed by atoms with Gasteiger partial charge in [0.25, 0.3) is 0 Å². The number of hydrogen-bond acceptors (Lipinski definition) is 4. The predicted molar refractivity (Wildman–Crippen MR) is 82.4 cm³/mol. The first-order valence-corrected chi connectivity index (χ1v) is 7.66. The van der Waals surface area contributed by atoms with E-state index < -0.39 is 0 Å². The number of aromatic nitrogens is 2. The maximum absolute atomic E-state index is 13.7. The number of nitrogens with zero attached hydrogens (tertiary/aromatic N) is 3. The number of likely N-dealkylation sites (tertiary alicyclic amines) is 1. The molecule has 2 aromatic rings. The summed E-state index contributed by atoms with van der Waals surface area (Å²) in [5.41, 5.74) is 0.425. The minimum Gasteiger partial charge on any atom is -0.471 e. The Bertz CT molecular complexity index is 666. The molecule has 2 heterocycles. The first-order valence-electron chi connectivity index (χ1n) is 7.66. The van der Waals surface area contributed by atoms with Crippen molar-refractivity contribution in [2.24, 2.45) is 0 Å². The molecule has 6 heteroatoms. The summed E-state index contributed by atoms with van der Waals surface area (Å²) >= 11 is 0. The van der Waals surface area contributed by atoms with Crippen LogP contribution in [0.5, 0.6) is 5.88 Å². The highest BCUT2D eigenvalue weighted by Gasteiger charge is 2.25. The summed E-state index contributed by atoms with van der Waals surface area (Å²) < 4.78 is 19.4. The molecule has 1 saturated heterocycles. The Kier molecular flexibility index (Phi) is 4.80. The van der Waals surface area contributed by atoms with Crippen molar-refractivity contribution in [3.8, 4) is 5.88 Å². The van der Waals surface area contributed by atoms with Crippen LogP contribution in [-0.4, -0.2) is 40.0 Å². The molecule has 0 saturated carbocycles. The van der Waals surface area contributed by atoms with E-state index in [4.69, 9.17) is 4.74 Å². The van der Waals surface area contributed by atoms with E-state index in [1.54, 1.807) is 41.7 Å². The Balaban J connectivity index is 1.59. The number of carbonyl (C=O) groups excluding carboxylic acids is 1. The number of piperidine rings is 1. The molecular formula is C17H18FN3O2. The van der Waals surface area contributed by atoms with Gasteiger partial charge in [0, 0.05) is 18.9 Å². The third kappa shape index (κ3) is 4.03. The average Bonchev–Trinajstić information content (AvgIpc) is 2.58. The first kappa shape index (κ1) is 15.4. The van der Waals surface area contributed by atoms with Gasteiger partial charge in [0.2, 0.25) is 11.8 Å². The highest BCUT2D eigenvalue weighted by molar-refractivity contribution is 5.79. The molecule has 0 spiro atoms. The molecule has 1 aliphatic rings. The molecule has 0 bridgehead atoms. The number of hydrogen-bond donors (Lipinski definition) is 0. The minimum absolute atomic E-state index is 0.0739. The molecule has 0 N–H and O–H groups in total. The summed E-state index contributed by atoms with van der Waals surface area (Å²) in [5, 5.41) is 0. The number of carbonyl (C=O) groups is 1. The third-order valence-electron chi connectivity index (χ3n) is 3.86. The van der Waals surface area contributed by atoms with Crippen LogP contribution in [-0.2, 0) is 11.2 Å². The molecule has 1 fully saturated rings. The van der Waals surface area contributed by atoms with Crippen LogP contribution in [0.4, 0.5) is 4.39 Å². The molecule has 120 valence electrons. The van der Waals surface area contributed by atoms with Crippen LogP contribution in [0.15, 0.2) is 42.9 Å². The summed E-state index contributed by atoms with van der Waals surface area (Å²) in [6, 6.07) is 6.38. The molecule has 0 unspecified atom stereocenters. The Morgan fingerprint density at radius 2 is 2.22 bits per heavy atom. The predicted octanol–water partition coefficient (Wildman–Crippen LogP) is 2.23. The van der Waals surface area contributed by atoms with Gasteiger partial charge in [0.05, 0.1) is 19.2 Å². The molecule has 1 aliphatic heterocycles. The molecule has 0 aliphatic carbocycles. The van der Waals surface area contributed by atoms with E-state index in [9.17, 15) is 9.18 Å². The summed E-state index contributed by atoms with van der Waals surface area (Å²) in [4.78, 5) is 22.2. The molecule has 1 aromatic carbocycles. The zero-order valence-corrected chi connectivity index (χ0v) is 12.7. The van der Waals surface area contributed by atoms with Crippen molar-refractivity contribution in [2.45, 2.75) is 25.4 Å². The molecule has 3 rings (SSSR count). The van der Waals surface area contributed by atoms with Crippen LogP contribution in [0, 0.1) is 5.82 Å². The maximum atomic E-state index is 13.7. The second-order valence-electron chi connectivity index (χ2n) is 5.53. The van der Waals surface area contributed by atoms with Crippen molar-refractivity contribution in [1.29, 1.82) is 0 Å². The van der Waals surface area contributed by atoms with Crippen molar-refractivity contribution in [3.05, 3.63) is 54.2 Å². The van der Waals surface area contributed by atoms with Gasteiger partial charge < -0.3 is 9.64 Å². The van der Waals surface area contributed by atoms with Gasteiger partial charge in [0.15, 0.2) is 0 Å². The van der Waals surface area contributed by atoms with E-state index in [1.165, 1.54) is 6.07 Å². The fraction of sp³-hybridized carbons (Fsp3) is 0.353. The number of amides is 1. The van der Waals surface area contributed by atoms with Crippen LogP contribution in [0.3, 0.4) is 0 Å². The normalized spacial score (nSPS) is 17.8. The molecule has 1 aromatic heterocycles. The van der Waals surface area contributed by atoms with E-state index in [0.29, 0.717) is 24.5 Å². The van der Waals surface area contributed by atoms with Gasteiger partial charge in [-0.15, -0.1) is 0 Å². The number of rotatable bonds is 4. The summed E-state index contributed by atoms with van der Waals surface area (Å²) in [7, 11) is 0. The minimum atomic E-state index is -0.342. The van der Waals surface area contributed by atoms with E-state index in [0.717, 1.165) is 12.8 Å². The highest BCUT2D eigenvalue weighted by Crippen LogP contribution is 2.17. The monoisotopic (exact) mass is 315 g/mol. The zero-order valence-electron chi connectivity index (χ0n) is 12.7. The Hall–Kier alpha value is -2.50. The van der Waals surface area contributed by atoms with Gasteiger partial charge in [-0.1, -0.05) is 18.2 Å². The fourth-order valence-electron chi connectivity index (χ4n) is 2.69. The number of halogens is 1. The molecular weight excluding hydrogens is 297 g/mol. The van der Waals surface area contributed by atoms with Gasteiger partial charge >= 0.3 is 0 Å². The largest absolute Gasteiger partial charge is 0.471 e. The molecule has 1 atom stereocenters. The van der Waals surface area contributed by atoms with Crippen LogP contribution >= 0.6 is 0 Å². The smallest absolute Gasteiger partial charge is 0.232 e.